The van der Waals surface area contributed by atoms with Crippen LogP contribution in [0.25, 0.3) is 0 Å². The lowest BCUT2D eigenvalue weighted by Crippen LogP contribution is -2.47. The predicted molar refractivity (Wildman–Crippen MR) is 91.4 cm³/mol. The van der Waals surface area contributed by atoms with Gasteiger partial charge < -0.3 is 10.1 Å². The van der Waals surface area contributed by atoms with Crippen molar-refractivity contribution in [2.75, 3.05) is 18.1 Å². The number of carbonyl (C=O) groups excluding carboxylic acids is 2. The molecule has 25 heavy (non-hydrogen) atoms. The first kappa shape index (κ1) is 17.3. The van der Waals surface area contributed by atoms with E-state index < -0.39 is 15.7 Å². The molecule has 4 aliphatic carbocycles. The fourth-order valence-corrected chi connectivity index (χ4v) is 7.86. The first-order chi connectivity index (χ1) is 11.8. The van der Waals surface area contributed by atoms with E-state index in [4.69, 9.17) is 4.74 Å². The molecule has 140 valence electrons. The molecule has 5 fully saturated rings. The molecule has 0 unspecified atom stereocenters. The maximum atomic E-state index is 12.3. The van der Waals surface area contributed by atoms with Crippen LogP contribution in [0.4, 0.5) is 0 Å². The van der Waals surface area contributed by atoms with Gasteiger partial charge in [0.2, 0.25) is 0 Å². The molecule has 0 aromatic carbocycles. The number of carbonyl (C=O) groups is 2. The van der Waals surface area contributed by atoms with Crippen molar-refractivity contribution in [1.82, 2.24) is 5.32 Å². The Kier molecular flexibility index (Phi) is 4.33. The highest BCUT2D eigenvalue weighted by molar-refractivity contribution is 7.91. The van der Waals surface area contributed by atoms with Crippen molar-refractivity contribution >= 4 is 21.7 Å². The zero-order valence-electron chi connectivity index (χ0n) is 14.5. The van der Waals surface area contributed by atoms with Crippen LogP contribution in [0.2, 0.25) is 0 Å². The minimum atomic E-state index is -3.03. The summed E-state index contributed by atoms with van der Waals surface area (Å²) in [6, 6.07) is -0.348. The molecule has 0 aromatic rings. The average molecular weight is 369 g/mol. The molecule has 1 N–H and O–H groups in total. The number of hydrogen-bond donors (Lipinski definition) is 1. The number of nitrogens with one attached hydrogen (secondary N) is 1. The molecule has 1 amide bonds. The molecule has 5 aliphatic rings. The van der Waals surface area contributed by atoms with Gasteiger partial charge in [-0.2, -0.15) is 0 Å². The zero-order valence-corrected chi connectivity index (χ0v) is 15.4. The van der Waals surface area contributed by atoms with Gasteiger partial charge in [0.1, 0.15) is 0 Å². The lowest BCUT2D eigenvalue weighted by molar-refractivity contribution is -0.155. The number of rotatable bonds is 5. The predicted octanol–water partition coefficient (Wildman–Crippen LogP) is 1.44. The van der Waals surface area contributed by atoms with E-state index in [9.17, 15) is 18.0 Å². The van der Waals surface area contributed by atoms with Crippen LogP contribution in [0.5, 0.6) is 0 Å². The van der Waals surface area contributed by atoms with E-state index in [0.717, 1.165) is 37.0 Å². The van der Waals surface area contributed by atoms with E-state index in [-0.39, 0.29) is 35.5 Å². The Hall–Kier alpha value is -1.11. The van der Waals surface area contributed by atoms with Crippen molar-refractivity contribution in [2.24, 2.45) is 23.2 Å². The topological polar surface area (TPSA) is 89.5 Å². The first-order valence-corrected chi connectivity index (χ1v) is 11.3. The Bertz CT molecular complexity index is 636. The van der Waals surface area contributed by atoms with Crippen molar-refractivity contribution in [3.8, 4) is 0 Å². The molecule has 4 bridgehead atoms. The van der Waals surface area contributed by atoms with E-state index in [1.54, 1.807) is 0 Å². The van der Waals surface area contributed by atoms with E-state index in [2.05, 4.69) is 5.32 Å². The summed E-state index contributed by atoms with van der Waals surface area (Å²) < 4.78 is 28.0. The number of ether oxygens (including phenoxy) is 1. The number of esters is 1. The molecule has 7 heteroatoms. The Morgan fingerprint density at radius 3 is 2.16 bits per heavy atom. The lowest BCUT2D eigenvalue weighted by atomic mass is 9.49. The second kappa shape index (κ2) is 6.25. The van der Waals surface area contributed by atoms with Gasteiger partial charge >= 0.3 is 5.97 Å². The van der Waals surface area contributed by atoms with Gasteiger partial charge in [-0.05, 0) is 68.1 Å². The maximum absolute atomic E-state index is 12.3. The van der Waals surface area contributed by atoms with Crippen LogP contribution < -0.4 is 5.32 Å². The fourth-order valence-electron chi connectivity index (χ4n) is 6.19. The third kappa shape index (κ3) is 3.86. The summed E-state index contributed by atoms with van der Waals surface area (Å²) in [5.74, 6) is 1.77. The van der Waals surface area contributed by atoms with Gasteiger partial charge in [-0.15, -0.1) is 0 Å². The molecule has 5 rings (SSSR count). The van der Waals surface area contributed by atoms with Gasteiger partial charge in [-0.1, -0.05) is 0 Å². The minimum Gasteiger partial charge on any atom is -0.456 e. The normalized spacial score (nSPS) is 40.8. The lowest BCUT2D eigenvalue weighted by Gasteiger charge is -2.56. The molecule has 1 saturated heterocycles. The Balaban J connectivity index is 1.24. The number of sulfone groups is 1. The van der Waals surface area contributed by atoms with E-state index in [1.165, 1.54) is 19.3 Å². The van der Waals surface area contributed by atoms with Gasteiger partial charge in [-0.3, -0.25) is 9.59 Å². The van der Waals surface area contributed by atoms with Gasteiger partial charge in [-0.25, -0.2) is 8.42 Å². The van der Waals surface area contributed by atoms with Crippen LogP contribution >= 0.6 is 0 Å². The first-order valence-electron chi connectivity index (χ1n) is 9.46. The molecule has 0 radical (unpaired) electrons. The van der Waals surface area contributed by atoms with E-state index in [1.807, 2.05) is 0 Å². The summed E-state index contributed by atoms with van der Waals surface area (Å²) in [7, 11) is -3.03. The minimum absolute atomic E-state index is 0.0139. The Labute approximate surface area is 149 Å². The second-order valence-electron chi connectivity index (χ2n) is 8.92. The highest BCUT2D eigenvalue weighted by Gasteiger charge is 2.51. The summed E-state index contributed by atoms with van der Waals surface area (Å²) in [6.07, 6.45) is 8.29. The standard InChI is InChI=1S/C18H27NO5S/c20-16(19-15-1-2-25(22,23)11-15)10-24-17(21)9-18-6-12-3-13(7-18)5-14(4-12)8-18/h12-15H,1-11H2,(H,19,20)/t12?,13?,14?,15-,18?/m0/s1. The SMILES string of the molecule is O=C(COC(=O)CC12CC3CC(CC(C3)C1)C2)N[C@H]1CCS(=O)(=O)C1. The maximum Gasteiger partial charge on any atom is 0.306 e. The zero-order chi connectivity index (χ0) is 17.7. The summed E-state index contributed by atoms with van der Waals surface area (Å²) in [5, 5.41) is 2.65. The Morgan fingerprint density at radius 2 is 1.64 bits per heavy atom. The van der Waals surface area contributed by atoms with Gasteiger partial charge in [0, 0.05) is 6.04 Å². The third-order valence-electron chi connectivity index (χ3n) is 6.65. The van der Waals surface area contributed by atoms with Crippen LogP contribution in [0.15, 0.2) is 0 Å². The quantitative estimate of drug-likeness (QED) is 0.741. The molecular weight excluding hydrogens is 342 g/mol. The van der Waals surface area contributed by atoms with Crippen LogP contribution in [-0.2, 0) is 24.2 Å². The average Bonchev–Trinajstić information content (AvgIpc) is 2.82. The van der Waals surface area contributed by atoms with Crippen LogP contribution in [-0.4, -0.2) is 44.4 Å². The van der Waals surface area contributed by atoms with Gasteiger partial charge in [0.15, 0.2) is 16.4 Å². The molecule has 6 nitrogen and oxygen atoms in total. The third-order valence-corrected chi connectivity index (χ3v) is 8.41. The van der Waals surface area contributed by atoms with Crippen LogP contribution in [0, 0.1) is 23.2 Å². The van der Waals surface area contributed by atoms with E-state index >= 15 is 0 Å². The fraction of sp³-hybridized carbons (Fsp3) is 0.889. The molecule has 0 aromatic heterocycles. The van der Waals surface area contributed by atoms with Crippen molar-refractivity contribution in [1.29, 1.82) is 0 Å². The second-order valence-corrected chi connectivity index (χ2v) is 11.2. The molecule has 1 heterocycles. The van der Waals surface area contributed by atoms with Crippen molar-refractivity contribution in [2.45, 2.75) is 57.4 Å². The van der Waals surface area contributed by atoms with Crippen molar-refractivity contribution in [3.63, 3.8) is 0 Å². The molecule has 4 saturated carbocycles. The molecule has 0 spiro atoms. The number of hydrogen-bond acceptors (Lipinski definition) is 5. The van der Waals surface area contributed by atoms with Crippen molar-refractivity contribution in [3.05, 3.63) is 0 Å². The highest BCUT2D eigenvalue weighted by Crippen LogP contribution is 2.61. The molecule has 1 aliphatic heterocycles. The highest BCUT2D eigenvalue weighted by atomic mass is 32.2. The molecule has 1 atom stereocenters. The van der Waals surface area contributed by atoms with Gasteiger partial charge in [0.05, 0.1) is 17.9 Å². The van der Waals surface area contributed by atoms with Crippen LogP contribution in [0.1, 0.15) is 51.4 Å². The van der Waals surface area contributed by atoms with Crippen LogP contribution in [0.3, 0.4) is 0 Å². The summed E-state index contributed by atoms with van der Waals surface area (Å²) in [4.78, 5) is 24.2. The van der Waals surface area contributed by atoms with E-state index in [0.29, 0.717) is 12.8 Å². The molecular formula is C18H27NO5S. The summed E-state index contributed by atoms with van der Waals surface area (Å²) >= 11 is 0. The van der Waals surface area contributed by atoms with Gasteiger partial charge in [0.25, 0.3) is 5.91 Å². The monoisotopic (exact) mass is 369 g/mol. The summed E-state index contributed by atoms with van der Waals surface area (Å²) in [5.41, 5.74) is 0.113. The smallest absolute Gasteiger partial charge is 0.306 e. The number of amides is 1. The van der Waals surface area contributed by atoms with Crippen molar-refractivity contribution < 1.29 is 22.7 Å². The largest absolute Gasteiger partial charge is 0.456 e. The summed E-state index contributed by atoms with van der Waals surface area (Å²) in [6.45, 7) is -0.304. The Morgan fingerprint density at radius 1 is 1.04 bits per heavy atom.